The first-order valence-corrected chi connectivity index (χ1v) is 9.13. The highest BCUT2D eigenvalue weighted by atomic mass is 79.9. The summed E-state index contributed by atoms with van der Waals surface area (Å²) < 4.78 is 0.996. The molecule has 1 aliphatic rings. The zero-order valence-corrected chi connectivity index (χ0v) is 15.7. The third kappa shape index (κ3) is 4.52. The van der Waals surface area contributed by atoms with Gasteiger partial charge in [-0.15, -0.1) is 0 Å². The maximum atomic E-state index is 12.4. The number of carbonyl (C=O) groups is 2. The van der Waals surface area contributed by atoms with Gasteiger partial charge in [-0.2, -0.15) is 0 Å². The van der Waals surface area contributed by atoms with Crippen molar-refractivity contribution >= 4 is 33.8 Å². The molecule has 0 spiro atoms. The fourth-order valence-corrected chi connectivity index (χ4v) is 3.03. The monoisotopic (exact) mass is 414 g/mol. The second-order valence-electron chi connectivity index (χ2n) is 6.05. The van der Waals surface area contributed by atoms with Crippen LogP contribution in [0.3, 0.4) is 0 Å². The molecular formula is C20H19BrN2O3. The molecule has 1 N–H and O–H groups in total. The molecule has 1 aliphatic heterocycles. The average molecular weight is 415 g/mol. The lowest BCUT2D eigenvalue weighted by Crippen LogP contribution is -2.50. The minimum atomic E-state index is -0.0810. The number of hydrogen-bond donors (Lipinski definition) is 1. The molecule has 0 unspecified atom stereocenters. The van der Waals surface area contributed by atoms with Crippen molar-refractivity contribution in [3.8, 4) is 5.75 Å². The zero-order valence-electron chi connectivity index (χ0n) is 14.1. The number of phenolic OH excluding ortho intramolecular Hbond substituents is 1. The Hall–Kier alpha value is -2.60. The maximum Gasteiger partial charge on any atom is 0.253 e. The van der Waals surface area contributed by atoms with Gasteiger partial charge in [-0.25, -0.2) is 0 Å². The second-order valence-corrected chi connectivity index (χ2v) is 6.96. The maximum absolute atomic E-state index is 12.4. The molecule has 2 aromatic rings. The van der Waals surface area contributed by atoms with Gasteiger partial charge in [0.25, 0.3) is 5.91 Å². The Balaban J connectivity index is 1.54. The van der Waals surface area contributed by atoms with Crippen molar-refractivity contribution in [2.45, 2.75) is 0 Å². The zero-order chi connectivity index (χ0) is 18.5. The van der Waals surface area contributed by atoms with E-state index in [0.29, 0.717) is 31.7 Å². The molecule has 0 atom stereocenters. The van der Waals surface area contributed by atoms with Crippen LogP contribution in [0, 0.1) is 0 Å². The van der Waals surface area contributed by atoms with Gasteiger partial charge in [-0.05, 0) is 48.0 Å². The number of rotatable bonds is 3. The summed E-state index contributed by atoms with van der Waals surface area (Å²) in [6, 6.07) is 13.9. The first-order valence-electron chi connectivity index (χ1n) is 8.34. The molecule has 2 aromatic carbocycles. The van der Waals surface area contributed by atoms with Crippen LogP contribution in [-0.2, 0) is 4.79 Å². The predicted molar refractivity (Wildman–Crippen MR) is 104 cm³/mol. The second kappa shape index (κ2) is 8.19. The first kappa shape index (κ1) is 18.2. The summed E-state index contributed by atoms with van der Waals surface area (Å²) in [6.45, 7) is 2.01. The average Bonchev–Trinajstić information content (AvgIpc) is 2.67. The highest BCUT2D eigenvalue weighted by Gasteiger charge is 2.23. The third-order valence-electron chi connectivity index (χ3n) is 4.28. The Kier molecular flexibility index (Phi) is 5.73. The van der Waals surface area contributed by atoms with E-state index in [1.165, 1.54) is 12.1 Å². The Morgan fingerprint density at radius 2 is 1.46 bits per heavy atom. The van der Waals surface area contributed by atoms with Gasteiger partial charge in [0.15, 0.2) is 0 Å². The van der Waals surface area contributed by atoms with E-state index in [9.17, 15) is 14.7 Å². The summed E-state index contributed by atoms with van der Waals surface area (Å²) in [5, 5.41) is 9.31. The van der Waals surface area contributed by atoms with Gasteiger partial charge in [0, 0.05) is 42.3 Å². The van der Waals surface area contributed by atoms with Crippen LogP contribution < -0.4 is 0 Å². The van der Waals surface area contributed by atoms with E-state index in [1.54, 1.807) is 34.1 Å². The Morgan fingerprint density at radius 3 is 2.08 bits per heavy atom. The number of halogens is 1. The van der Waals surface area contributed by atoms with E-state index in [2.05, 4.69) is 15.9 Å². The molecular weight excluding hydrogens is 396 g/mol. The van der Waals surface area contributed by atoms with Crippen LogP contribution in [-0.4, -0.2) is 52.9 Å². The van der Waals surface area contributed by atoms with Crippen LogP contribution >= 0.6 is 15.9 Å². The van der Waals surface area contributed by atoms with Crippen LogP contribution in [0.25, 0.3) is 6.08 Å². The molecule has 0 saturated carbocycles. The van der Waals surface area contributed by atoms with Crippen molar-refractivity contribution in [3.05, 3.63) is 70.2 Å². The molecule has 0 aliphatic carbocycles. The molecule has 1 heterocycles. The van der Waals surface area contributed by atoms with Crippen molar-refractivity contribution < 1.29 is 14.7 Å². The summed E-state index contributed by atoms with van der Waals surface area (Å²) in [5.41, 5.74) is 1.50. The van der Waals surface area contributed by atoms with Gasteiger partial charge in [-0.1, -0.05) is 28.1 Å². The fraction of sp³-hybridized carbons (Fsp3) is 0.200. The highest BCUT2D eigenvalue weighted by molar-refractivity contribution is 9.10. The van der Waals surface area contributed by atoms with E-state index in [4.69, 9.17) is 0 Å². The number of benzene rings is 2. The summed E-state index contributed by atoms with van der Waals surface area (Å²) >= 11 is 3.38. The van der Waals surface area contributed by atoms with Crippen molar-refractivity contribution in [1.82, 2.24) is 9.80 Å². The van der Waals surface area contributed by atoms with Crippen LogP contribution in [0.1, 0.15) is 15.9 Å². The molecule has 0 radical (unpaired) electrons. The number of hydrogen-bond acceptors (Lipinski definition) is 3. The van der Waals surface area contributed by atoms with Gasteiger partial charge < -0.3 is 14.9 Å². The van der Waals surface area contributed by atoms with Gasteiger partial charge in [-0.3, -0.25) is 9.59 Å². The number of phenols is 1. The van der Waals surface area contributed by atoms with Crippen molar-refractivity contribution in [3.63, 3.8) is 0 Å². The smallest absolute Gasteiger partial charge is 0.253 e. The lowest BCUT2D eigenvalue weighted by atomic mass is 10.1. The summed E-state index contributed by atoms with van der Waals surface area (Å²) in [5.74, 6) is 0.00156. The lowest BCUT2D eigenvalue weighted by Gasteiger charge is -2.34. The SMILES string of the molecule is O=C(/C=C/c1ccc(Br)cc1)N1CCN(C(=O)c2ccc(O)cc2)CC1. The Bertz CT molecular complexity index is 808. The van der Waals surface area contributed by atoms with Crippen molar-refractivity contribution in [1.29, 1.82) is 0 Å². The van der Waals surface area contributed by atoms with Gasteiger partial charge in [0.05, 0.1) is 0 Å². The van der Waals surface area contributed by atoms with Crippen molar-refractivity contribution in [2.24, 2.45) is 0 Å². The lowest BCUT2D eigenvalue weighted by molar-refractivity contribution is -0.127. The van der Waals surface area contributed by atoms with E-state index in [1.807, 2.05) is 24.3 Å². The normalized spacial score (nSPS) is 14.7. The van der Waals surface area contributed by atoms with E-state index in [0.717, 1.165) is 10.0 Å². The molecule has 0 bridgehead atoms. The molecule has 134 valence electrons. The van der Waals surface area contributed by atoms with Crippen LogP contribution in [0.5, 0.6) is 5.75 Å². The van der Waals surface area contributed by atoms with Gasteiger partial charge in [0.1, 0.15) is 5.75 Å². The molecule has 6 heteroatoms. The summed E-state index contributed by atoms with van der Waals surface area (Å²) in [4.78, 5) is 28.2. The molecule has 2 amide bonds. The largest absolute Gasteiger partial charge is 0.508 e. The Labute approximate surface area is 160 Å². The quantitative estimate of drug-likeness (QED) is 0.784. The van der Waals surface area contributed by atoms with E-state index in [-0.39, 0.29) is 17.6 Å². The molecule has 1 fully saturated rings. The minimum absolute atomic E-state index is 0.0512. The third-order valence-corrected chi connectivity index (χ3v) is 4.81. The standard InChI is InChI=1S/C20H19BrN2O3/c21-17-6-1-15(2-7-17)3-10-19(25)22-11-13-23(14-12-22)20(26)16-4-8-18(24)9-5-16/h1-10,24H,11-14H2/b10-3+. The van der Waals surface area contributed by atoms with Crippen molar-refractivity contribution in [2.75, 3.05) is 26.2 Å². The summed E-state index contributed by atoms with van der Waals surface area (Å²) in [7, 11) is 0. The molecule has 26 heavy (non-hydrogen) atoms. The van der Waals surface area contributed by atoms with E-state index < -0.39 is 0 Å². The number of nitrogens with zero attached hydrogens (tertiary/aromatic N) is 2. The number of aromatic hydroxyl groups is 1. The molecule has 1 saturated heterocycles. The fourth-order valence-electron chi connectivity index (χ4n) is 2.76. The van der Waals surface area contributed by atoms with Gasteiger partial charge in [0.2, 0.25) is 5.91 Å². The Morgan fingerprint density at radius 1 is 0.885 bits per heavy atom. The predicted octanol–water partition coefficient (Wildman–Crippen LogP) is 3.15. The molecule has 5 nitrogen and oxygen atoms in total. The van der Waals surface area contributed by atoms with Gasteiger partial charge >= 0.3 is 0 Å². The number of piperazine rings is 1. The highest BCUT2D eigenvalue weighted by Crippen LogP contribution is 2.14. The van der Waals surface area contributed by atoms with Crippen LogP contribution in [0.15, 0.2) is 59.1 Å². The number of amides is 2. The molecule has 0 aromatic heterocycles. The first-order chi connectivity index (χ1) is 12.5. The van der Waals surface area contributed by atoms with Crippen LogP contribution in [0.4, 0.5) is 0 Å². The molecule has 3 rings (SSSR count). The van der Waals surface area contributed by atoms with E-state index >= 15 is 0 Å². The summed E-state index contributed by atoms with van der Waals surface area (Å²) in [6.07, 6.45) is 3.36. The van der Waals surface area contributed by atoms with Crippen LogP contribution in [0.2, 0.25) is 0 Å². The number of carbonyl (C=O) groups excluding carboxylic acids is 2. The topological polar surface area (TPSA) is 60.9 Å². The minimum Gasteiger partial charge on any atom is -0.508 e.